The second-order valence-electron chi connectivity index (χ2n) is 7.87. The van der Waals surface area contributed by atoms with Gasteiger partial charge in [-0.1, -0.05) is 79.7 Å². The minimum Gasteiger partial charge on any atom is -0.344 e. The Bertz CT molecular complexity index is 1230. The molecule has 5 heteroatoms. The lowest BCUT2D eigenvalue weighted by atomic mass is 10.0. The molecule has 0 aliphatic carbocycles. The van der Waals surface area contributed by atoms with Crippen LogP contribution in [0.4, 0.5) is 4.39 Å². The lowest BCUT2D eigenvalue weighted by Gasteiger charge is -2.18. The number of nitrogens with one attached hydrogen (secondary N) is 1. The molecular formula is C27H26FN3O. The van der Waals surface area contributed by atoms with E-state index in [1.165, 1.54) is 6.07 Å². The van der Waals surface area contributed by atoms with Gasteiger partial charge in [0.2, 0.25) is 0 Å². The predicted octanol–water partition coefficient (Wildman–Crippen LogP) is 6.08. The fraction of sp³-hybridized carbons (Fsp3) is 0.185. The average Bonchev–Trinajstić information content (AvgIpc) is 3.17. The highest BCUT2D eigenvalue weighted by molar-refractivity contribution is 5.99. The van der Waals surface area contributed by atoms with Crippen LogP contribution in [0.2, 0.25) is 0 Å². The van der Waals surface area contributed by atoms with Crippen molar-refractivity contribution in [3.63, 3.8) is 0 Å². The Morgan fingerprint density at radius 3 is 2.28 bits per heavy atom. The first kappa shape index (κ1) is 21.5. The molecule has 0 spiro atoms. The SMILES string of the molecule is CCC(NC(=O)c1c(-c2ccc(C)c(F)c2)nc(-c2ccccc2)n1C)c1ccccc1. The number of imidazole rings is 1. The van der Waals surface area contributed by atoms with Crippen LogP contribution in [0, 0.1) is 12.7 Å². The third kappa shape index (κ3) is 4.19. The number of halogens is 1. The van der Waals surface area contributed by atoms with E-state index in [-0.39, 0.29) is 17.8 Å². The fourth-order valence-electron chi connectivity index (χ4n) is 3.88. The number of rotatable bonds is 6. The molecule has 0 fully saturated rings. The minimum atomic E-state index is -0.323. The molecule has 0 aliphatic rings. The molecule has 0 saturated heterocycles. The van der Waals surface area contributed by atoms with Crippen LogP contribution < -0.4 is 5.32 Å². The highest BCUT2D eigenvalue weighted by Gasteiger charge is 2.25. The van der Waals surface area contributed by atoms with E-state index in [9.17, 15) is 9.18 Å². The zero-order valence-corrected chi connectivity index (χ0v) is 18.5. The van der Waals surface area contributed by atoms with Crippen molar-refractivity contribution in [2.75, 3.05) is 0 Å². The summed E-state index contributed by atoms with van der Waals surface area (Å²) in [6.07, 6.45) is 0.744. The second-order valence-corrected chi connectivity index (χ2v) is 7.87. The Labute approximate surface area is 187 Å². The molecule has 4 aromatic rings. The van der Waals surface area contributed by atoms with Gasteiger partial charge in [0.25, 0.3) is 5.91 Å². The highest BCUT2D eigenvalue weighted by Crippen LogP contribution is 2.30. The highest BCUT2D eigenvalue weighted by atomic mass is 19.1. The van der Waals surface area contributed by atoms with Crippen LogP contribution in [0.1, 0.15) is 41.0 Å². The topological polar surface area (TPSA) is 46.9 Å². The number of benzene rings is 3. The van der Waals surface area contributed by atoms with Crippen molar-refractivity contribution < 1.29 is 9.18 Å². The van der Waals surface area contributed by atoms with Crippen LogP contribution in [-0.4, -0.2) is 15.5 Å². The maximum absolute atomic E-state index is 14.4. The van der Waals surface area contributed by atoms with E-state index in [0.29, 0.717) is 28.3 Å². The number of carbonyl (C=O) groups is 1. The summed E-state index contributed by atoms with van der Waals surface area (Å²) in [7, 11) is 1.82. The molecule has 1 N–H and O–H groups in total. The number of hydrogen-bond acceptors (Lipinski definition) is 2. The van der Waals surface area contributed by atoms with E-state index in [0.717, 1.165) is 17.5 Å². The molecule has 1 amide bonds. The molecule has 4 rings (SSSR count). The lowest BCUT2D eigenvalue weighted by Crippen LogP contribution is -2.30. The summed E-state index contributed by atoms with van der Waals surface area (Å²) in [5, 5.41) is 3.15. The van der Waals surface area contributed by atoms with Gasteiger partial charge < -0.3 is 9.88 Å². The lowest BCUT2D eigenvalue weighted by molar-refractivity contribution is 0.0928. The summed E-state index contributed by atoms with van der Waals surface area (Å²) in [5.41, 5.74) is 3.92. The number of aryl methyl sites for hydroxylation is 1. The van der Waals surface area contributed by atoms with Crippen molar-refractivity contribution in [2.45, 2.75) is 26.3 Å². The van der Waals surface area contributed by atoms with Crippen LogP contribution in [0.3, 0.4) is 0 Å². The first-order valence-corrected chi connectivity index (χ1v) is 10.7. The monoisotopic (exact) mass is 427 g/mol. The summed E-state index contributed by atoms with van der Waals surface area (Å²) in [6, 6.07) is 24.4. The van der Waals surface area contributed by atoms with Gasteiger partial charge in [-0.15, -0.1) is 0 Å². The number of hydrogen-bond donors (Lipinski definition) is 1. The van der Waals surface area contributed by atoms with Crippen molar-refractivity contribution in [3.05, 3.63) is 102 Å². The first-order valence-electron chi connectivity index (χ1n) is 10.7. The van der Waals surface area contributed by atoms with Gasteiger partial charge in [-0.3, -0.25) is 4.79 Å². The molecule has 0 saturated carbocycles. The molecule has 32 heavy (non-hydrogen) atoms. The summed E-state index contributed by atoms with van der Waals surface area (Å²) in [6.45, 7) is 3.75. The Morgan fingerprint density at radius 1 is 1.00 bits per heavy atom. The van der Waals surface area contributed by atoms with E-state index < -0.39 is 0 Å². The third-order valence-corrected chi connectivity index (χ3v) is 5.70. The number of aromatic nitrogens is 2. The van der Waals surface area contributed by atoms with Gasteiger partial charge in [-0.05, 0) is 30.5 Å². The van der Waals surface area contributed by atoms with Crippen LogP contribution in [0.15, 0.2) is 78.9 Å². The maximum Gasteiger partial charge on any atom is 0.270 e. The summed E-state index contributed by atoms with van der Waals surface area (Å²) < 4.78 is 16.2. The summed E-state index contributed by atoms with van der Waals surface area (Å²) in [4.78, 5) is 18.3. The largest absolute Gasteiger partial charge is 0.344 e. The van der Waals surface area contributed by atoms with Gasteiger partial charge in [0, 0.05) is 18.2 Å². The van der Waals surface area contributed by atoms with Crippen molar-refractivity contribution in [1.29, 1.82) is 0 Å². The predicted molar refractivity (Wildman–Crippen MR) is 126 cm³/mol. The Hall–Kier alpha value is -3.73. The smallest absolute Gasteiger partial charge is 0.270 e. The van der Waals surface area contributed by atoms with E-state index >= 15 is 0 Å². The molecule has 1 unspecified atom stereocenters. The molecule has 0 bridgehead atoms. The molecule has 1 heterocycles. The Kier molecular flexibility index (Phi) is 6.17. The van der Waals surface area contributed by atoms with E-state index in [2.05, 4.69) is 5.32 Å². The number of carbonyl (C=O) groups excluding carboxylic acids is 1. The van der Waals surface area contributed by atoms with Gasteiger partial charge in [0.15, 0.2) is 0 Å². The molecule has 1 atom stereocenters. The molecule has 162 valence electrons. The van der Waals surface area contributed by atoms with Gasteiger partial charge in [0.05, 0.1) is 6.04 Å². The van der Waals surface area contributed by atoms with Crippen LogP contribution in [-0.2, 0) is 7.05 Å². The zero-order chi connectivity index (χ0) is 22.7. The fourth-order valence-corrected chi connectivity index (χ4v) is 3.88. The summed E-state index contributed by atoms with van der Waals surface area (Å²) >= 11 is 0. The van der Waals surface area contributed by atoms with Crippen molar-refractivity contribution in [1.82, 2.24) is 14.9 Å². The van der Waals surface area contributed by atoms with Crippen molar-refractivity contribution >= 4 is 5.91 Å². The summed E-state index contributed by atoms with van der Waals surface area (Å²) in [5.74, 6) is 0.0878. The standard InChI is InChI=1S/C27H26FN3O/c1-4-23(19-11-7-5-8-12-19)29-27(32)25-24(21-16-15-18(2)22(28)17-21)30-26(31(25)3)20-13-9-6-10-14-20/h5-17,23H,4H2,1-3H3,(H,29,32). The van der Waals surface area contributed by atoms with Crippen LogP contribution in [0.25, 0.3) is 22.6 Å². The van der Waals surface area contributed by atoms with Gasteiger partial charge in [-0.2, -0.15) is 0 Å². The molecule has 3 aromatic carbocycles. The van der Waals surface area contributed by atoms with E-state index in [1.54, 1.807) is 23.6 Å². The molecule has 0 aliphatic heterocycles. The van der Waals surface area contributed by atoms with Gasteiger partial charge >= 0.3 is 0 Å². The van der Waals surface area contributed by atoms with Crippen LogP contribution in [0.5, 0.6) is 0 Å². The van der Waals surface area contributed by atoms with Crippen LogP contribution >= 0.6 is 0 Å². The van der Waals surface area contributed by atoms with E-state index in [4.69, 9.17) is 4.98 Å². The number of nitrogens with zero attached hydrogens (tertiary/aromatic N) is 2. The quantitative estimate of drug-likeness (QED) is 0.405. The van der Waals surface area contributed by atoms with Crippen molar-refractivity contribution in [3.8, 4) is 22.6 Å². The molecule has 0 radical (unpaired) electrons. The third-order valence-electron chi connectivity index (χ3n) is 5.70. The Morgan fingerprint density at radius 2 is 1.66 bits per heavy atom. The average molecular weight is 428 g/mol. The van der Waals surface area contributed by atoms with Gasteiger partial charge in [-0.25, -0.2) is 9.37 Å². The van der Waals surface area contributed by atoms with E-state index in [1.807, 2.05) is 74.6 Å². The Balaban J connectivity index is 1.81. The molecular weight excluding hydrogens is 401 g/mol. The van der Waals surface area contributed by atoms with Crippen molar-refractivity contribution in [2.24, 2.45) is 7.05 Å². The molecule has 1 aromatic heterocycles. The minimum absolute atomic E-state index is 0.138. The zero-order valence-electron chi connectivity index (χ0n) is 18.5. The molecule has 4 nitrogen and oxygen atoms in total. The number of amides is 1. The maximum atomic E-state index is 14.4. The second kappa shape index (κ2) is 9.18. The van der Waals surface area contributed by atoms with Gasteiger partial charge in [0.1, 0.15) is 23.0 Å². The normalized spacial score (nSPS) is 11.9. The first-order chi connectivity index (χ1) is 15.5.